The first-order valence-electron chi connectivity index (χ1n) is 3.25. The molecule has 0 fully saturated rings. The van der Waals surface area contributed by atoms with Gasteiger partial charge in [-0.05, 0) is 12.5 Å². The van der Waals surface area contributed by atoms with Crippen LogP contribution in [-0.4, -0.2) is 9.50 Å². The fourth-order valence-corrected chi connectivity index (χ4v) is 3.49. The second-order valence-corrected chi connectivity index (χ2v) is 17.9. The van der Waals surface area contributed by atoms with Gasteiger partial charge in [0.2, 0.25) is 0 Å². The van der Waals surface area contributed by atoms with Crippen molar-refractivity contribution in [3.63, 3.8) is 0 Å². The molecule has 0 amide bonds. The van der Waals surface area contributed by atoms with Crippen LogP contribution in [0.2, 0.25) is 19.1 Å². The van der Waals surface area contributed by atoms with Crippen molar-refractivity contribution in [2.24, 2.45) is 0 Å². The van der Waals surface area contributed by atoms with Crippen LogP contribution < -0.4 is 0 Å². The molecule has 56 valence electrons. The fraction of sp³-hybridized carbons (Fsp3) is 1.00. The van der Waals surface area contributed by atoms with Crippen LogP contribution in [-0.2, 0) is 0 Å². The standard InChI is InChI=1S/C6H14I2Si/c1-6(7)4-5-9(2,3)8/h6H,4-5H2,1-3H3. The zero-order valence-corrected chi connectivity index (χ0v) is 11.6. The summed E-state index contributed by atoms with van der Waals surface area (Å²) in [5, 5.41) is 0. The molecule has 0 radical (unpaired) electrons. The first-order chi connectivity index (χ1) is 3.92. The van der Waals surface area contributed by atoms with Crippen molar-refractivity contribution in [3.05, 3.63) is 0 Å². The predicted molar refractivity (Wildman–Crippen MR) is 64.4 cm³/mol. The van der Waals surface area contributed by atoms with Crippen molar-refractivity contribution in [2.45, 2.75) is 36.4 Å². The van der Waals surface area contributed by atoms with Crippen molar-refractivity contribution in [2.75, 3.05) is 0 Å². The summed E-state index contributed by atoms with van der Waals surface area (Å²) in [7, 11) is 0. The summed E-state index contributed by atoms with van der Waals surface area (Å²) in [5.41, 5.74) is -0.755. The monoisotopic (exact) mass is 368 g/mol. The Hall–Kier alpha value is 1.68. The van der Waals surface area contributed by atoms with E-state index >= 15 is 0 Å². The number of rotatable bonds is 3. The molecule has 0 saturated heterocycles. The van der Waals surface area contributed by atoms with Gasteiger partial charge in [0.1, 0.15) is 5.57 Å². The molecule has 1 atom stereocenters. The second kappa shape index (κ2) is 4.53. The van der Waals surface area contributed by atoms with E-state index in [1.807, 2.05) is 0 Å². The third-order valence-corrected chi connectivity index (χ3v) is 4.86. The molecule has 0 saturated carbocycles. The smallest absolute Gasteiger partial charge is 0.119 e. The summed E-state index contributed by atoms with van der Waals surface area (Å²) in [4.78, 5) is 0. The topological polar surface area (TPSA) is 0 Å². The van der Waals surface area contributed by atoms with E-state index < -0.39 is 5.57 Å². The summed E-state index contributed by atoms with van der Waals surface area (Å²) in [6.45, 7) is 7.14. The fourth-order valence-electron chi connectivity index (χ4n) is 0.542. The first kappa shape index (κ1) is 10.7. The number of hydrogen-bond acceptors (Lipinski definition) is 0. The van der Waals surface area contributed by atoms with Crippen molar-refractivity contribution in [1.29, 1.82) is 0 Å². The Labute approximate surface area is 85.5 Å². The molecule has 0 aromatic heterocycles. The summed E-state index contributed by atoms with van der Waals surface area (Å²) in [6.07, 6.45) is 1.41. The van der Waals surface area contributed by atoms with E-state index in [1.165, 1.54) is 12.5 Å². The van der Waals surface area contributed by atoms with Crippen molar-refractivity contribution in [1.82, 2.24) is 0 Å². The molecule has 0 aromatic rings. The average Bonchev–Trinajstić information content (AvgIpc) is 1.59. The third-order valence-electron chi connectivity index (χ3n) is 1.14. The van der Waals surface area contributed by atoms with E-state index in [1.54, 1.807) is 0 Å². The lowest BCUT2D eigenvalue weighted by molar-refractivity contribution is 0.924. The quantitative estimate of drug-likeness (QED) is 0.307. The van der Waals surface area contributed by atoms with Crippen LogP contribution in [0.4, 0.5) is 0 Å². The van der Waals surface area contributed by atoms with Crippen LogP contribution in [0, 0.1) is 0 Å². The molecule has 0 aliphatic carbocycles. The molecule has 3 heteroatoms. The lowest BCUT2D eigenvalue weighted by Crippen LogP contribution is -2.15. The summed E-state index contributed by atoms with van der Waals surface area (Å²) in [5.74, 6) is 0. The van der Waals surface area contributed by atoms with Gasteiger partial charge < -0.3 is 0 Å². The highest BCUT2D eigenvalue weighted by molar-refractivity contribution is 14.1. The van der Waals surface area contributed by atoms with Gasteiger partial charge in [0.05, 0.1) is 0 Å². The molecular formula is C6H14I2Si. The molecule has 0 heterocycles. The van der Waals surface area contributed by atoms with Crippen LogP contribution in [0.25, 0.3) is 0 Å². The van der Waals surface area contributed by atoms with E-state index in [4.69, 9.17) is 0 Å². The zero-order valence-electron chi connectivity index (χ0n) is 6.25. The molecule has 0 aliphatic rings. The molecule has 0 aromatic carbocycles. The van der Waals surface area contributed by atoms with Gasteiger partial charge in [0.15, 0.2) is 0 Å². The number of hydrogen-bond donors (Lipinski definition) is 0. The molecule has 9 heavy (non-hydrogen) atoms. The van der Waals surface area contributed by atoms with Crippen LogP contribution in [0.1, 0.15) is 13.3 Å². The van der Waals surface area contributed by atoms with Gasteiger partial charge in [-0.25, -0.2) is 0 Å². The molecule has 1 unspecified atom stereocenters. The minimum Gasteiger partial charge on any atom is -0.119 e. The molecular weight excluding hydrogens is 354 g/mol. The Balaban J connectivity index is 3.28. The van der Waals surface area contributed by atoms with E-state index in [2.05, 4.69) is 64.4 Å². The molecule has 0 spiro atoms. The minimum absolute atomic E-state index is 0.755. The van der Waals surface area contributed by atoms with E-state index in [9.17, 15) is 0 Å². The summed E-state index contributed by atoms with van der Waals surface area (Å²) in [6, 6.07) is 1.47. The number of halogens is 2. The van der Waals surface area contributed by atoms with Gasteiger partial charge in [0, 0.05) is 3.92 Å². The van der Waals surface area contributed by atoms with Gasteiger partial charge in [-0.15, -0.1) is 21.8 Å². The van der Waals surface area contributed by atoms with Crippen LogP contribution in [0.5, 0.6) is 0 Å². The van der Waals surface area contributed by atoms with Crippen molar-refractivity contribution >= 4 is 50.0 Å². The molecule has 0 rings (SSSR count). The lowest BCUT2D eigenvalue weighted by atomic mass is 10.4. The second-order valence-electron chi connectivity index (χ2n) is 3.04. The van der Waals surface area contributed by atoms with Crippen molar-refractivity contribution < 1.29 is 0 Å². The maximum absolute atomic E-state index is 2.65. The molecule has 0 N–H and O–H groups in total. The largest absolute Gasteiger partial charge is 0.119 e. The SMILES string of the molecule is CC(I)CC[Si](C)(C)I. The lowest BCUT2D eigenvalue weighted by Gasteiger charge is -2.13. The van der Waals surface area contributed by atoms with Crippen LogP contribution in [0.3, 0.4) is 0 Å². The Kier molecular flexibility index (Phi) is 5.38. The Morgan fingerprint density at radius 3 is 2.00 bits per heavy atom. The maximum atomic E-state index is 2.65. The number of alkyl halides is 1. The highest BCUT2D eigenvalue weighted by Gasteiger charge is 2.15. The highest BCUT2D eigenvalue weighted by Crippen LogP contribution is 2.22. The predicted octanol–water partition coefficient (Wildman–Crippen LogP) is 3.84. The maximum Gasteiger partial charge on any atom is 0.119 e. The van der Waals surface area contributed by atoms with Gasteiger partial charge in [-0.2, -0.15) is 0 Å². The average molecular weight is 368 g/mol. The molecule has 0 bridgehead atoms. The third kappa shape index (κ3) is 9.68. The zero-order chi connectivity index (χ0) is 7.49. The Morgan fingerprint density at radius 1 is 1.44 bits per heavy atom. The normalized spacial score (nSPS) is 15.7. The Morgan fingerprint density at radius 2 is 1.89 bits per heavy atom. The van der Waals surface area contributed by atoms with E-state index in [0.717, 1.165) is 3.92 Å². The van der Waals surface area contributed by atoms with Gasteiger partial charge >= 0.3 is 0 Å². The van der Waals surface area contributed by atoms with Gasteiger partial charge in [0.25, 0.3) is 0 Å². The van der Waals surface area contributed by atoms with E-state index in [-0.39, 0.29) is 0 Å². The molecule has 0 aliphatic heterocycles. The van der Waals surface area contributed by atoms with Crippen LogP contribution in [0.15, 0.2) is 0 Å². The minimum atomic E-state index is -0.755. The van der Waals surface area contributed by atoms with Crippen molar-refractivity contribution in [3.8, 4) is 0 Å². The van der Waals surface area contributed by atoms with Gasteiger partial charge in [-0.3, -0.25) is 0 Å². The highest BCUT2D eigenvalue weighted by atomic mass is 127. The first-order valence-corrected chi connectivity index (χ1v) is 10.8. The summed E-state index contributed by atoms with van der Waals surface area (Å²) < 4.78 is 0.865. The summed E-state index contributed by atoms with van der Waals surface area (Å²) >= 11 is 5.15. The molecule has 0 nitrogen and oxygen atoms in total. The Bertz CT molecular complexity index is 75.6. The van der Waals surface area contributed by atoms with Gasteiger partial charge in [-0.1, -0.05) is 42.6 Å². The van der Waals surface area contributed by atoms with E-state index in [0.29, 0.717) is 0 Å². The van der Waals surface area contributed by atoms with Crippen LogP contribution >= 0.6 is 44.4 Å².